The van der Waals surface area contributed by atoms with Gasteiger partial charge in [-0.25, -0.2) is 8.42 Å². The predicted molar refractivity (Wildman–Crippen MR) is 83.6 cm³/mol. The fourth-order valence-corrected chi connectivity index (χ4v) is 2.38. The van der Waals surface area contributed by atoms with E-state index in [-0.39, 0.29) is 0 Å². The van der Waals surface area contributed by atoms with E-state index >= 15 is 0 Å². The minimum Gasteiger partial charge on any atom is -0.492 e. The molecule has 0 fully saturated rings. The first-order valence-corrected chi connectivity index (χ1v) is 9.14. The van der Waals surface area contributed by atoms with Gasteiger partial charge in [-0.2, -0.15) is 0 Å². The number of benzene rings is 1. The van der Waals surface area contributed by atoms with Crippen LogP contribution in [0.4, 0.5) is 0 Å². The van der Waals surface area contributed by atoms with Gasteiger partial charge < -0.3 is 14.8 Å². The third-order valence-electron chi connectivity index (χ3n) is 2.90. The maximum absolute atomic E-state index is 11.3. The molecule has 6 heteroatoms. The van der Waals surface area contributed by atoms with Crippen LogP contribution in [0.1, 0.15) is 19.8 Å². The van der Waals surface area contributed by atoms with Gasteiger partial charge in [0.15, 0.2) is 9.84 Å². The number of ether oxygens (including phenoxy) is 2. The van der Waals surface area contributed by atoms with Crippen molar-refractivity contribution < 1.29 is 17.9 Å². The Balaban J connectivity index is 2.10. The molecule has 1 aromatic rings. The van der Waals surface area contributed by atoms with Gasteiger partial charge in [0, 0.05) is 26.0 Å². The Bertz CT molecular complexity index is 485. The molecule has 0 saturated heterocycles. The lowest BCUT2D eigenvalue weighted by atomic mass is 10.3. The molecule has 1 aromatic carbocycles. The molecule has 5 nitrogen and oxygen atoms in total. The number of rotatable bonds is 11. The minimum atomic E-state index is -3.14. The fourth-order valence-electron chi connectivity index (χ4n) is 1.75. The summed E-state index contributed by atoms with van der Waals surface area (Å²) < 4.78 is 33.4. The topological polar surface area (TPSA) is 64.6 Å². The van der Waals surface area contributed by atoms with Gasteiger partial charge >= 0.3 is 0 Å². The van der Waals surface area contributed by atoms with Crippen molar-refractivity contribution in [2.24, 2.45) is 0 Å². The molecule has 0 bridgehead atoms. The molecule has 1 N–H and O–H groups in total. The SMILES string of the molecule is CCOCCCCNCCOc1ccc(S(C)(=O)=O)cc1. The van der Waals surface area contributed by atoms with Gasteiger partial charge in [0.1, 0.15) is 12.4 Å². The van der Waals surface area contributed by atoms with Crippen LogP contribution in [0.3, 0.4) is 0 Å². The second kappa shape index (κ2) is 9.76. The lowest BCUT2D eigenvalue weighted by Crippen LogP contribution is -2.22. The highest BCUT2D eigenvalue weighted by atomic mass is 32.2. The monoisotopic (exact) mass is 315 g/mol. The minimum absolute atomic E-state index is 0.308. The Morgan fingerprint density at radius 2 is 1.76 bits per heavy atom. The molecule has 0 aliphatic heterocycles. The molecule has 0 aromatic heterocycles. The van der Waals surface area contributed by atoms with E-state index in [0.717, 1.165) is 39.1 Å². The Kier molecular flexibility index (Phi) is 8.34. The summed E-state index contributed by atoms with van der Waals surface area (Å²) in [5.41, 5.74) is 0. The molecule has 0 unspecified atom stereocenters. The van der Waals surface area contributed by atoms with Crippen LogP contribution in [-0.4, -0.2) is 47.6 Å². The Morgan fingerprint density at radius 1 is 1.05 bits per heavy atom. The number of hydrogen-bond acceptors (Lipinski definition) is 5. The van der Waals surface area contributed by atoms with E-state index in [1.165, 1.54) is 6.26 Å². The summed E-state index contributed by atoms with van der Waals surface area (Å²) in [6.07, 6.45) is 3.34. The van der Waals surface area contributed by atoms with Crippen molar-refractivity contribution in [3.8, 4) is 5.75 Å². The Morgan fingerprint density at radius 3 is 2.38 bits per heavy atom. The van der Waals surface area contributed by atoms with Crippen LogP contribution in [-0.2, 0) is 14.6 Å². The second-order valence-corrected chi connectivity index (χ2v) is 6.76. The van der Waals surface area contributed by atoms with Crippen LogP contribution < -0.4 is 10.1 Å². The Labute approximate surface area is 127 Å². The highest BCUT2D eigenvalue weighted by Crippen LogP contribution is 2.15. The number of sulfone groups is 1. The van der Waals surface area contributed by atoms with Gasteiger partial charge in [-0.3, -0.25) is 0 Å². The van der Waals surface area contributed by atoms with Crippen molar-refractivity contribution >= 4 is 9.84 Å². The molecule has 0 atom stereocenters. The second-order valence-electron chi connectivity index (χ2n) is 4.75. The van der Waals surface area contributed by atoms with Gasteiger partial charge in [-0.05, 0) is 50.6 Å². The summed E-state index contributed by atoms with van der Waals surface area (Å²) in [5, 5.41) is 3.29. The van der Waals surface area contributed by atoms with Gasteiger partial charge in [-0.15, -0.1) is 0 Å². The number of hydrogen-bond donors (Lipinski definition) is 1. The van der Waals surface area contributed by atoms with Gasteiger partial charge in [-0.1, -0.05) is 0 Å². The third-order valence-corrected chi connectivity index (χ3v) is 4.02. The predicted octanol–water partition coefficient (Wildman–Crippen LogP) is 1.88. The average molecular weight is 315 g/mol. The smallest absolute Gasteiger partial charge is 0.175 e. The molecular formula is C15H25NO4S. The van der Waals surface area contributed by atoms with Crippen molar-refractivity contribution in [2.45, 2.75) is 24.7 Å². The summed E-state index contributed by atoms with van der Waals surface area (Å²) in [7, 11) is -3.14. The fraction of sp³-hybridized carbons (Fsp3) is 0.600. The van der Waals surface area contributed by atoms with Crippen molar-refractivity contribution in [3.63, 3.8) is 0 Å². The lowest BCUT2D eigenvalue weighted by molar-refractivity contribution is 0.143. The standard InChI is InChI=1S/C15H25NO4S/c1-3-19-12-5-4-10-16-11-13-20-14-6-8-15(9-7-14)21(2,17)18/h6-9,16H,3-5,10-13H2,1-2H3. The quantitative estimate of drug-likeness (QED) is 0.632. The van der Waals surface area contributed by atoms with Crippen LogP contribution in [0.2, 0.25) is 0 Å². The van der Waals surface area contributed by atoms with Crippen molar-refractivity contribution in [1.29, 1.82) is 0 Å². The maximum Gasteiger partial charge on any atom is 0.175 e. The van der Waals surface area contributed by atoms with Crippen molar-refractivity contribution in [3.05, 3.63) is 24.3 Å². The first kappa shape index (κ1) is 17.9. The number of nitrogens with one attached hydrogen (secondary N) is 1. The molecule has 120 valence electrons. The summed E-state index contributed by atoms with van der Waals surface area (Å²) in [6, 6.07) is 6.48. The largest absolute Gasteiger partial charge is 0.492 e. The molecule has 21 heavy (non-hydrogen) atoms. The molecule has 0 heterocycles. The van der Waals surface area contributed by atoms with E-state index in [9.17, 15) is 8.42 Å². The van der Waals surface area contributed by atoms with Gasteiger partial charge in [0.25, 0.3) is 0 Å². The van der Waals surface area contributed by atoms with Crippen LogP contribution in [0, 0.1) is 0 Å². The summed E-state index contributed by atoms with van der Waals surface area (Å²) >= 11 is 0. The zero-order chi connectivity index (χ0) is 15.6. The lowest BCUT2D eigenvalue weighted by Gasteiger charge is -2.08. The average Bonchev–Trinajstić information content (AvgIpc) is 2.45. The summed E-state index contributed by atoms with van der Waals surface area (Å²) in [6.45, 7) is 5.87. The van der Waals surface area contributed by atoms with Crippen LogP contribution >= 0.6 is 0 Å². The first-order valence-electron chi connectivity index (χ1n) is 7.25. The molecule has 0 aliphatic rings. The molecule has 0 spiro atoms. The van der Waals surface area contributed by atoms with E-state index in [2.05, 4.69) is 5.32 Å². The van der Waals surface area contributed by atoms with E-state index in [0.29, 0.717) is 17.3 Å². The molecule has 0 aliphatic carbocycles. The van der Waals surface area contributed by atoms with E-state index in [1.54, 1.807) is 24.3 Å². The van der Waals surface area contributed by atoms with Crippen LogP contribution in [0.5, 0.6) is 5.75 Å². The van der Waals surface area contributed by atoms with E-state index < -0.39 is 9.84 Å². The number of unbranched alkanes of at least 4 members (excludes halogenated alkanes) is 1. The normalized spacial score (nSPS) is 11.5. The molecule has 0 saturated carbocycles. The van der Waals surface area contributed by atoms with Gasteiger partial charge in [0.2, 0.25) is 0 Å². The molecule has 0 radical (unpaired) electrons. The highest BCUT2D eigenvalue weighted by molar-refractivity contribution is 7.90. The van der Waals surface area contributed by atoms with Crippen LogP contribution in [0.25, 0.3) is 0 Å². The van der Waals surface area contributed by atoms with Crippen LogP contribution in [0.15, 0.2) is 29.2 Å². The Hall–Kier alpha value is -1.11. The van der Waals surface area contributed by atoms with Crippen molar-refractivity contribution in [1.82, 2.24) is 5.32 Å². The molecular weight excluding hydrogens is 290 g/mol. The molecule has 1 rings (SSSR count). The zero-order valence-corrected chi connectivity index (χ0v) is 13.6. The highest BCUT2D eigenvalue weighted by Gasteiger charge is 2.06. The summed E-state index contributed by atoms with van der Waals surface area (Å²) in [5.74, 6) is 0.681. The maximum atomic E-state index is 11.3. The first-order chi connectivity index (χ1) is 10.0. The zero-order valence-electron chi connectivity index (χ0n) is 12.8. The third kappa shape index (κ3) is 8.04. The van der Waals surface area contributed by atoms with Gasteiger partial charge in [0.05, 0.1) is 4.90 Å². The summed E-state index contributed by atoms with van der Waals surface area (Å²) in [4.78, 5) is 0.308. The van der Waals surface area contributed by atoms with E-state index in [1.807, 2.05) is 6.92 Å². The molecule has 0 amide bonds. The van der Waals surface area contributed by atoms with E-state index in [4.69, 9.17) is 9.47 Å². The van der Waals surface area contributed by atoms with Crippen molar-refractivity contribution in [2.75, 3.05) is 39.2 Å².